The minimum absolute atomic E-state index is 0.00534. The van der Waals surface area contributed by atoms with Crippen molar-refractivity contribution in [3.8, 4) is 0 Å². The maximum atomic E-state index is 13.7. The molecule has 114 valence electrons. The molecule has 0 unspecified atom stereocenters. The zero-order valence-electron chi connectivity index (χ0n) is 11.5. The SMILES string of the molecule is Cc1cccc(F)c1NS(=O)(=O)c1cnn(CCCO)c1. The molecule has 2 aromatic rings. The summed E-state index contributed by atoms with van der Waals surface area (Å²) >= 11 is 0. The third-order valence-electron chi connectivity index (χ3n) is 2.92. The van der Waals surface area contributed by atoms with Gasteiger partial charge in [-0.15, -0.1) is 0 Å². The molecule has 0 amide bonds. The van der Waals surface area contributed by atoms with Gasteiger partial charge in [-0.3, -0.25) is 9.40 Å². The molecular formula is C13H16FN3O3S. The Bertz CT molecular complexity index is 708. The van der Waals surface area contributed by atoms with Crippen LogP contribution in [-0.4, -0.2) is 29.9 Å². The highest BCUT2D eigenvalue weighted by Gasteiger charge is 2.19. The van der Waals surface area contributed by atoms with E-state index in [1.165, 1.54) is 29.2 Å². The summed E-state index contributed by atoms with van der Waals surface area (Å²) in [5, 5.41) is 12.6. The highest BCUT2D eigenvalue weighted by molar-refractivity contribution is 7.92. The average Bonchev–Trinajstić information content (AvgIpc) is 2.90. The second-order valence-electron chi connectivity index (χ2n) is 4.55. The monoisotopic (exact) mass is 313 g/mol. The Morgan fingerprint density at radius 3 is 2.86 bits per heavy atom. The van der Waals surface area contributed by atoms with Gasteiger partial charge in [0.15, 0.2) is 0 Å². The Kier molecular flexibility index (Phi) is 4.59. The van der Waals surface area contributed by atoms with Crippen molar-refractivity contribution < 1.29 is 17.9 Å². The van der Waals surface area contributed by atoms with Crippen LogP contribution in [0, 0.1) is 12.7 Å². The molecule has 0 aliphatic heterocycles. The summed E-state index contributed by atoms with van der Waals surface area (Å²) in [4.78, 5) is -0.0527. The van der Waals surface area contributed by atoms with Gasteiger partial charge in [-0.05, 0) is 25.0 Å². The highest BCUT2D eigenvalue weighted by Crippen LogP contribution is 2.22. The van der Waals surface area contributed by atoms with Crippen LogP contribution in [-0.2, 0) is 16.6 Å². The number of aliphatic hydroxyl groups excluding tert-OH is 1. The van der Waals surface area contributed by atoms with E-state index in [2.05, 4.69) is 9.82 Å². The van der Waals surface area contributed by atoms with Crippen molar-refractivity contribution in [1.29, 1.82) is 0 Å². The number of aliphatic hydroxyl groups is 1. The quantitative estimate of drug-likeness (QED) is 0.847. The Balaban J connectivity index is 2.24. The molecule has 2 rings (SSSR count). The van der Waals surface area contributed by atoms with E-state index >= 15 is 0 Å². The summed E-state index contributed by atoms with van der Waals surface area (Å²) in [7, 11) is -3.90. The largest absolute Gasteiger partial charge is 0.396 e. The van der Waals surface area contributed by atoms with Gasteiger partial charge in [0.25, 0.3) is 10.0 Å². The standard InChI is InChI=1S/C13H16FN3O3S/c1-10-4-2-5-12(14)13(10)16-21(19,20)11-8-15-17(9-11)6-3-7-18/h2,4-5,8-9,16,18H,3,6-7H2,1H3. The molecule has 0 spiro atoms. The van der Waals surface area contributed by atoms with Gasteiger partial charge in [-0.25, -0.2) is 12.8 Å². The van der Waals surface area contributed by atoms with Gasteiger partial charge in [0, 0.05) is 19.3 Å². The van der Waals surface area contributed by atoms with Crippen molar-refractivity contribution >= 4 is 15.7 Å². The van der Waals surface area contributed by atoms with E-state index in [4.69, 9.17) is 5.11 Å². The zero-order chi connectivity index (χ0) is 15.5. The van der Waals surface area contributed by atoms with Crippen molar-refractivity contribution in [2.75, 3.05) is 11.3 Å². The molecule has 1 aromatic heterocycles. The van der Waals surface area contributed by atoms with Gasteiger partial charge >= 0.3 is 0 Å². The van der Waals surface area contributed by atoms with Crippen molar-refractivity contribution in [1.82, 2.24) is 9.78 Å². The molecular weight excluding hydrogens is 297 g/mol. The number of benzene rings is 1. The predicted octanol–water partition coefficient (Wildman–Crippen LogP) is 1.51. The summed E-state index contributed by atoms with van der Waals surface area (Å²) in [6.07, 6.45) is 3.01. The van der Waals surface area contributed by atoms with Crippen molar-refractivity contribution in [2.24, 2.45) is 0 Å². The fourth-order valence-electron chi connectivity index (χ4n) is 1.79. The normalized spacial score (nSPS) is 11.6. The summed E-state index contributed by atoms with van der Waals surface area (Å²) in [5.74, 6) is -0.633. The van der Waals surface area contributed by atoms with E-state index in [0.29, 0.717) is 18.5 Å². The lowest BCUT2D eigenvalue weighted by molar-refractivity contribution is 0.277. The molecule has 0 aliphatic carbocycles. The number of sulfonamides is 1. The van der Waals surface area contributed by atoms with Crippen LogP contribution in [0.15, 0.2) is 35.5 Å². The lowest BCUT2D eigenvalue weighted by Gasteiger charge is -2.09. The van der Waals surface area contributed by atoms with Crippen LogP contribution in [0.25, 0.3) is 0 Å². The van der Waals surface area contributed by atoms with Crippen molar-refractivity contribution in [3.63, 3.8) is 0 Å². The van der Waals surface area contributed by atoms with Crippen molar-refractivity contribution in [2.45, 2.75) is 24.8 Å². The number of aromatic nitrogens is 2. The predicted molar refractivity (Wildman–Crippen MR) is 75.9 cm³/mol. The number of anilines is 1. The van der Waals surface area contributed by atoms with E-state index in [9.17, 15) is 12.8 Å². The van der Waals surface area contributed by atoms with Crippen LogP contribution in [0.2, 0.25) is 0 Å². The second-order valence-corrected chi connectivity index (χ2v) is 6.24. The first kappa shape index (κ1) is 15.5. The molecule has 21 heavy (non-hydrogen) atoms. The minimum atomic E-state index is -3.90. The Hall–Kier alpha value is -1.93. The fourth-order valence-corrected chi connectivity index (χ4v) is 2.88. The summed E-state index contributed by atoms with van der Waals surface area (Å²) in [6, 6.07) is 4.32. The molecule has 1 aromatic carbocycles. The van der Waals surface area contributed by atoms with Gasteiger partial charge in [-0.1, -0.05) is 12.1 Å². The van der Waals surface area contributed by atoms with Gasteiger partial charge in [0.2, 0.25) is 0 Å². The second kappa shape index (κ2) is 6.23. The van der Waals surface area contributed by atoms with E-state index in [-0.39, 0.29) is 17.2 Å². The number of para-hydroxylation sites is 1. The first-order chi connectivity index (χ1) is 9.94. The number of rotatable bonds is 6. The number of nitrogens with zero attached hydrogens (tertiary/aromatic N) is 2. The molecule has 0 atom stereocenters. The van der Waals surface area contributed by atoms with Crippen molar-refractivity contribution in [3.05, 3.63) is 42.0 Å². The van der Waals surface area contributed by atoms with Gasteiger partial charge in [0.1, 0.15) is 10.7 Å². The number of hydrogen-bond acceptors (Lipinski definition) is 4. The fraction of sp³-hybridized carbons (Fsp3) is 0.308. The van der Waals surface area contributed by atoms with Crippen LogP contribution in [0.3, 0.4) is 0 Å². The molecule has 0 saturated carbocycles. The van der Waals surface area contributed by atoms with Crippen LogP contribution in [0.4, 0.5) is 10.1 Å². The Morgan fingerprint density at radius 2 is 2.19 bits per heavy atom. The summed E-state index contributed by atoms with van der Waals surface area (Å²) in [6.45, 7) is 2.02. The first-order valence-electron chi connectivity index (χ1n) is 6.35. The maximum absolute atomic E-state index is 13.7. The number of hydrogen-bond donors (Lipinski definition) is 2. The average molecular weight is 313 g/mol. The molecule has 1 heterocycles. The molecule has 0 bridgehead atoms. The summed E-state index contributed by atoms with van der Waals surface area (Å²) < 4.78 is 41.8. The van der Waals surface area contributed by atoms with Crippen LogP contribution in [0.1, 0.15) is 12.0 Å². The molecule has 2 N–H and O–H groups in total. The molecule has 0 saturated heterocycles. The lowest BCUT2D eigenvalue weighted by Crippen LogP contribution is -2.14. The molecule has 6 nitrogen and oxygen atoms in total. The van der Waals surface area contributed by atoms with Gasteiger partial charge in [0.05, 0.1) is 11.9 Å². The molecule has 0 aliphatic rings. The van der Waals surface area contributed by atoms with Crippen LogP contribution in [0.5, 0.6) is 0 Å². The first-order valence-corrected chi connectivity index (χ1v) is 7.83. The third-order valence-corrected chi connectivity index (χ3v) is 4.23. The Morgan fingerprint density at radius 1 is 1.43 bits per heavy atom. The van der Waals surface area contributed by atoms with E-state index < -0.39 is 15.8 Å². The molecule has 0 radical (unpaired) electrons. The Labute approximate surface area is 122 Å². The molecule has 0 fully saturated rings. The zero-order valence-corrected chi connectivity index (χ0v) is 12.3. The summed E-state index contributed by atoms with van der Waals surface area (Å²) in [5.41, 5.74) is 0.423. The number of nitrogens with one attached hydrogen (secondary N) is 1. The van der Waals surface area contributed by atoms with Gasteiger partial charge in [-0.2, -0.15) is 5.10 Å². The lowest BCUT2D eigenvalue weighted by atomic mass is 10.2. The highest BCUT2D eigenvalue weighted by atomic mass is 32.2. The molecule has 8 heteroatoms. The van der Waals surface area contributed by atoms with Gasteiger partial charge < -0.3 is 5.11 Å². The third kappa shape index (κ3) is 3.59. The maximum Gasteiger partial charge on any atom is 0.265 e. The minimum Gasteiger partial charge on any atom is -0.396 e. The van der Waals surface area contributed by atoms with Crippen LogP contribution < -0.4 is 4.72 Å². The van der Waals surface area contributed by atoms with E-state index in [1.807, 2.05) is 0 Å². The van der Waals surface area contributed by atoms with E-state index in [0.717, 1.165) is 0 Å². The topological polar surface area (TPSA) is 84.2 Å². The number of halogens is 1. The van der Waals surface area contributed by atoms with Crippen LogP contribution >= 0.6 is 0 Å². The smallest absolute Gasteiger partial charge is 0.265 e. The van der Waals surface area contributed by atoms with E-state index in [1.54, 1.807) is 13.0 Å². The number of aryl methyl sites for hydroxylation is 2.